The SMILES string of the molecule is CC1CC(CN)(N2CCC(N(C)C)CC2)C1. The lowest BCUT2D eigenvalue weighted by atomic mass is 9.67. The first-order valence-electron chi connectivity index (χ1n) is 6.69. The highest BCUT2D eigenvalue weighted by Crippen LogP contribution is 2.42. The number of nitrogens with two attached hydrogens (primary N) is 1. The fourth-order valence-corrected chi connectivity index (χ4v) is 3.65. The molecule has 3 nitrogen and oxygen atoms in total. The fraction of sp³-hybridized carbons (Fsp3) is 1.00. The predicted molar refractivity (Wildman–Crippen MR) is 68.5 cm³/mol. The Kier molecular flexibility index (Phi) is 3.57. The summed E-state index contributed by atoms with van der Waals surface area (Å²) in [4.78, 5) is 5.04. The van der Waals surface area contributed by atoms with Crippen molar-refractivity contribution < 1.29 is 0 Å². The second kappa shape index (κ2) is 4.63. The molecule has 0 spiro atoms. The van der Waals surface area contributed by atoms with Crippen molar-refractivity contribution in [1.29, 1.82) is 0 Å². The predicted octanol–water partition coefficient (Wildman–Crippen LogP) is 1.14. The Labute approximate surface area is 100.0 Å². The van der Waals surface area contributed by atoms with Crippen molar-refractivity contribution in [2.75, 3.05) is 33.7 Å². The van der Waals surface area contributed by atoms with Crippen LogP contribution in [0.3, 0.4) is 0 Å². The molecule has 0 amide bonds. The zero-order valence-electron chi connectivity index (χ0n) is 11.1. The molecule has 2 aliphatic rings. The lowest BCUT2D eigenvalue weighted by Crippen LogP contribution is -2.63. The number of nitrogens with zero attached hydrogens (tertiary/aromatic N) is 2. The van der Waals surface area contributed by atoms with Gasteiger partial charge in [-0.05, 0) is 45.7 Å². The normalized spacial score (nSPS) is 37.7. The van der Waals surface area contributed by atoms with E-state index in [0.717, 1.165) is 18.5 Å². The Morgan fingerprint density at radius 1 is 1.25 bits per heavy atom. The average Bonchev–Trinajstić information content (AvgIpc) is 2.24. The molecular weight excluding hydrogens is 198 g/mol. The maximum absolute atomic E-state index is 6.00. The molecule has 1 aliphatic heterocycles. The number of piperidine rings is 1. The lowest BCUT2D eigenvalue weighted by Gasteiger charge is -2.55. The zero-order valence-corrected chi connectivity index (χ0v) is 11.1. The average molecular weight is 225 g/mol. The van der Waals surface area contributed by atoms with Gasteiger partial charge in [-0.2, -0.15) is 0 Å². The highest BCUT2D eigenvalue weighted by atomic mass is 15.2. The smallest absolute Gasteiger partial charge is 0.0336 e. The van der Waals surface area contributed by atoms with Gasteiger partial charge < -0.3 is 10.6 Å². The summed E-state index contributed by atoms with van der Waals surface area (Å²) in [6.07, 6.45) is 5.25. The highest BCUT2D eigenvalue weighted by Gasteiger charge is 2.46. The molecule has 2 N–H and O–H groups in total. The molecule has 2 rings (SSSR count). The van der Waals surface area contributed by atoms with Crippen LogP contribution in [0.4, 0.5) is 0 Å². The standard InChI is InChI=1S/C13H27N3/c1-11-8-13(9-11,10-14)16-6-4-12(5-7-16)15(2)3/h11-12H,4-10,14H2,1-3H3. The van der Waals surface area contributed by atoms with E-state index in [4.69, 9.17) is 5.73 Å². The van der Waals surface area contributed by atoms with Gasteiger partial charge in [-0.3, -0.25) is 4.90 Å². The molecule has 0 aromatic rings. The summed E-state index contributed by atoms with van der Waals surface area (Å²) in [6, 6.07) is 0.781. The van der Waals surface area contributed by atoms with Crippen LogP contribution < -0.4 is 5.73 Å². The van der Waals surface area contributed by atoms with Gasteiger partial charge in [0.15, 0.2) is 0 Å². The van der Waals surface area contributed by atoms with Crippen molar-refractivity contribution in [3.63, 3.8) is 0 Å². The molecule has 1 aliphatic carbocycles. The Bertz CT molecular complexity index is 225. The molecule has 3 heteroatoms. The summed E-state index contributed by atoms with van der Waals surface area (Å²) < 4.78 is 0. The Balaban J connectivity index is 1.88. The maximum atomic E-state index is 6.00. The van der Waals surface area contributed by atoms with E-state index in [2.05, 4.69) is 30.8 Å². The van der Waals surface area contributed by atoms with Gasteiger partial charge in [-0.1, -0.05) is 6.92 Å². The van der Waals surface area contributed by atoms with E-state index < -0.39 is 0 Å². The van der Waals surface area contributed by atoms with E-state index >= 15 is 0 Å². The van der Waals surface area contributed by atoms with Crippen LogP contribution in [0.5, 0.6) is 0 Å². The summed E-state index contributed by atoms with van der Waals surface area (Å²) in [5.41, 5.74) is 6.38. The van der Waals surface area contributed by atoms with Crippen molar-refractivity contribution in [3.8, 4) is 0 Å². The molecule has 0 atom stereocenters. The van der Waals surface area contributed by atoms with Crippen LogP contribution in [0.15, 0.2) is 0 Å². The van der Waals surface area contributed by atoms with Gasteiger partial charge in [-0.25, -0.2) is 0 Å². The molecule has 0 aromatic heterocycles. The first-order valence-corrected chi connectivity index (χ1v) is 6.69. The number of hydrogen-bond donors (Lipinski definition) is 1. The van der Waals surface area contributed by atoms with E-state index in [-0.39, 0.29) is 0 Å². The van der Waals surface area contributed by atoms with Crippen molar-refractivity contribution in [2.45, 2.75) is 44.2 Å². The van der Waals surface area contributed by atoms with E-state index in [9.17, 15) is 0 Å². The van der Waals surface area contributed by atoms with Crippen LogP contribution in [0.2, 0.25) is 0 Å². The van der Waals surface area contributed by atoms with Crippen molar-refractivity contribution in [2.24, 2.45) is 11.7 Å². The van der Waals surface area contributed by atoms with Crippen molar-refractivity contribution in [3.05, 3.63) is 0 Å². The minimum absolute atomic E-state index is 0.372. The summed E-state index contributed by atoms with van der Waals surface area (Å²) in [6.45, 7) is 5.68. The van der Waals surface area contributed by atoms with Gasteiger partial charge in [0.2, 0.25) is 0 Å². The number of hydrogen-bond acceptors (Lipinski definition) is 3. The topological polar surface area (TPSA) is 32.5 Å². The molecule has 16 heavy (non-hydrogen) atoms. The van der Waals surface area contributed by atoms with Gasteiger partial charge in [-0.15, -0.1) is 0 Å². The maximum Gasteiger partial charge on any atom is 0.0336 e. The van der Waals surface area contributed by atoms with Crippen LogP contribution in [-0.4, -0.2) is 55.1 Å². The third kappa shape index (κ3) is 2.13. The first kappa shape index (κ1) is 12.3. The van der Waals surface area contributed by atoms with Crippen LogP contribution >= 0.6 is 0 Å². The van der Waals surface area contributed by atoms with Crippen LogP contribution in [0.25, 0.3) is 0 Å². The van der Waals surface area contributed by atoms with E-state index in [1.807, 2.05) is 0 Å². The van der Waals surface area contributed by atoms with Gasteiger partial charge in [0.05, 0.1) is 0 Å². The fourth-order valence-electron chi connectivity index (χ4n) is 3.65. The molecular formula is C13H27N3. The minimum atomic E-state index is 0.372. The highest BCUT2D eigenvalue weighted by molar-refractivity contribution is 5.03. The molecule has 0 radical (unpaired) electrons. The molecule has 94 valence electrons. The molecule has 1 saturated carbocycles. The zero-order chi connectivity index (χ0) is 11.8. The lowest BCUT2D eigenvalue weighted by molar-refractivity contribution is -0.0350. The van der Waals surface area contributed by atoms with E-state index in [1.54, 1.807) is 0 Å². The molecule has 1 heterocycles. The van der Waals surface area contributed by atoms with Gasteiger partial charge in [0.25, 0.3) is 0 Å². The molecule has 2 fully saturated rings. The second-order valence-corrected chi connectivity index (χ2v) is 6.12. The Morgan fingerprint density at radius 2 is 1.81 bits per heavy atom. The summed E-state index contributed by atoms with van der Waals surface area (Å²) in [7, 11) is 4.40. The molecule has 0 bridgehead atoms. The third-order valence-corrected chi connectivity index (χ3v) is 4.70. The monoisotopic (exact) mass is 225 g/mol. The molecule has 0 unspecified atom stereocenters. The number of rotatable bonds is 3. The summed E-state index contributed by atoms with van der Waals surface area (Å²) >= 11 is 0. The summed E-state index contributed by atoms with van der Waals surface area (Å²) in [5.74, 6) is 0.884. The van der Waals surface area contributed by atoms with E-state index in [1.165, 1.54) is 38.8 Å². The second-order valence-electron chi connectivity index (χ2n) is 6.12. The molecule has 0 aromatic carbocycles. The third-order valence-electron chi connectivity index (χ3n) is 4.70. The quantitative estimate of drug-likeness (QED) is 0.782. The minimum Gasteiger partial charge on any atom is -0.329 e. The van der Waals surface area contributed by atoms with Crippen LogP contribution in [-0.2, 0) is 0 Å². The number of likely N-dealkylation sites (tertiary alicyclic amines) is 1. The van der Waals surface area contributed by atoms with Crippen LogP contribution in [0, 0.1) is 5.92 Å². The van der Waals surface area contributed by atoms with Gasteiger partial charge in [0.1, 0.15) is 0 Å². The first-order chi connectivity index (χ1) is 7.57. The van der Waals surface area contributed by atoms with Gasteiger partial charge >= 0.3 is 0 Å². The van der Waals surface area contributed by atoms with Gasteiger partial charge in [0, 0.05) is 31.2 Å². The molecule has 1 saturated heterocycles. The van der Waals surface area contributed by atoms with Crippen LogP contribution in [0.1, 0.15) is 32.6 Å². The Hall–Kier alpha value is -0.120. The Morgan fingerprint density at radius 3 is 2.19 bits per heavy atom. The van der Waals surface area contributed by atoms with Crippen molar-refractivity contribution in [1.82, 2.24) is 9.80 Å². The van der Waals surface area contributed by atoms with Crippen molar-refractivity contribution >= 4 is 0 Å². The van der Waals surface area contributed by atoms with E-state index in [0.29, 0.717) is 5.54 Å². The summed E-state index contributed by atoms with van der Waals surface area (Å²) in [5, 5.41) is 0. The largest absolute Gasteiger partial charge is 0.329 e.